The molecule has 1 aromatic heterocycles. The summed E-state index contributed by atoms with van der Waals surface area (Å²) in [6.07, 6.45) is 2.80. The summed E-state index contributed by atoms with van der Waals surface area (Å²) < 4.78 is 28.4. The standard InChI is InChI=1S/C29H26F2N2O2/c30-25-11-6-22(7-12-25)27(23-8-13-26(31)14-9-23)16-18-32-29(35)24-10-15-28(34)33(20-24)19-17-21-4-2-1-3-5-21/h1-15,20,27H,16-19H2,(H,32,35). The average molecular weight is 473 g/mol. The first kappa shape index (κ1) is 24.1. The van der Waals surface area contributed by atoms with E-state index in [2.05, 4.69) is 5.32 Å². The average Bonchev–Trinajstić information content (AvgIpc) is 2.88. The van der Waals surface area contributed by atoms with Crippen molar-refractivity contribution < 1.29 is 13.6 Å². The molecule has 0 unspecified atom stereocenters. The Hall–Kier alpha value is -4.06. The Labute approximate surface area is 202 Å². The van der Waals surface area contributed by atoms with E-state index >= 15 is 0 Å². The van der Waals surface area contributed by atoms with Crippen LogP contribution in [0.5, 0.6) is 0 Å². The molecule has 0 atom stereocenters. The number of aromatic nitrogens is 1. The van der Waals surface area contributed by atoms with Crippen LogP contribution in [0.1, 0.15) is 39.4 Å². The third-order valence-corrected chi connectivity index (χ3v) is 5.99. The van der Waals surface area contributed by atoms with Crippen LogP contribution in [0.2, 0.25) is 0 Å². The second-order valence-corrected chi connectivity index (χ2v) is 8.39. The van der Waals surface area contributed by atoms with Crippen LogP contribution in [0.4, 0.5) is 8.78 Å². The Morgan fingerprint density at radius 3 is 2.00 bits per heavy atom. The van der Waals surface area contributed by atoms with Crippen LogP contribution in [0, 0.1) is 11.6 Å². The number of aryl methyl sites for hydroxylation is 2. The number of pyridine rings is 1. The zero-order valence-electron chi connectivity index (χ0n) is 19.2. The summed E-state index contributed by atoms with van der Waals surface area (Å²) in [4.78, 5) is 25.1. The van der Waals surface area contributed by atoms with Gasteiger partial charge in [-0.25, -0.2) is 8.78 Å². The second kappa shape index (κ2) is 11.4. The zero-order chi connectivity index (χ0) is 24.6. The highest BCUT2D eigenvalue weighted by Gasteiger charge is 2.16. The number of halogens is 2. The molecule has 0 spiro atoms. The van der Waals surface area contributed by atoms with Crippen LogP contribution in [0.15, 0.2) is 102 Å². The van der Waals surface area contributed by atoms with Gasteiger partial charge >= 0.3 is 0 Å². The van der Waals surface area contributed by atoms with E-state index < -0.39 is 0 Å². The van der Waals surface area contributed by atoms with Crippen molar-refractivity contribution in [2.24, 2.45) is 0 Å². The maximum Gasteiger partial charge on any atom is 0.252 e. The largest absolute Gasteiger partial charge is 0.352 e. The van der Waals surface area contributed by atoms with Gasteiger partial charge in [0.1, 0.15) is 11.6 Å². The predicted molar refractivity (Wildman–Crippen MR) is 132 cm³/mol. The fraction of sp³-hybridized carbons (Fsp3) is 0.172. The summed E-state index contributed by atoms with van der Waals surface area (Å²) >= 11 is 0. The molecule has 0 saturated heterocycles. The van der Waals surface area contributed by atoms with Gasteiger partial charge in [-0.3, -0.25) is 9.59 Å². The maximum absolute atomic E-state index is 13.4. The summed E-state index contributed by atoms with van der Waals surface area (Å²) in [5, 5.41) is 2.91. The van der Waals surface area contributed by atoms with Crippen molar-refractivity contribution in [2.75, 3.05) is 6.54 Å². The molecule has 178 valence electrons. The van der Waals surface area contributed by atoms with E-state index in [1.165, 1.54) is 36.4 Å². The van der Waals surface area contributed by atoms with Crippen LogP contribution in [0.3, 0.4) is 0 Å². The van der Waals surface area contributed by atoms with Crippen molar-refractivity contribution in [3.63, 3.8) is 0 Å². The highest BCUT2D eigenvalue weighted by Crippen LogP contribution is 2.28. The fourth-order valence-corrected chi connectivity index (χ4v) is 4.08. The molecular weight excluding hydrogens is 446 g/mol. The van der Waals surface area contributed by atoms with Gasteiger partial charge in [-0.1, -0.05) is 54.6 Å². The first-order valence-electron chi connectivity index (χ1n) is 11.5. The quantitative estimate of drug-likeness (QED) is 0.358. The maximum atomic E-state index is 13.4. The molecule has 4 rings (SSSR count). The van der Waals surface area contributed by atoms with E-state index in [0.29, 0.717) is 31.5 Å². The van der Waals surface area contributed by atoms with Crippen LogP contribution in [0.25, 0.3) is 0 Å². The summed E-state index contributed by atoms with van der Waals surface area (Å²) in [6.45, 7) is 0.822. The molecule has 0 fully saturated rings. The van der Waals surface area contributed by atoms with Crippen molar-refractivity contribution in [3.05, 3.63) is 141 Å². The van der Waals surface area contributed by atoms with Gasteiger partial charge in [-0.2, -0.15) is 0 Å². The lowest BCUT2D eigenvalue weighted by Crippen LogP contribution is -2.28. The lowest BCUT2D eigenvalue weighted by Gasteiger charge is -2.19. The number of carbonyl (C=O) groups excluding carboxylic acids is 1. The van der Waals surface area contributed by atoms with Crippen LogP contribution in [-0.4, -0.2) is 17.0 Å². The highest BCUT2D eigenvalue weighted by molar-refractivity contribution is 5.93. The Bertz CT molecular complexity index is 1270. The van der Waals surface area contributed by atoms with Crippen LogP contribution >= 0.6 is 0 Å². The molecule has 4 nitrogen and oxygen atoms in total. The molecular formula is C29H26F2N2O2. The molecule has 6 heteroatoms. The molecule has 0 aliphatic carbocycles. The molecule has 35 heavy (non-hydrogen) atoms. The van der Waals surface area contributed by atoms with Gasteiger partial charge < -0.3 is 9.88 Å². The Morgan fingerprint density at radius 1 is 0.800 bits per heavy atom. The Balaban J connectivity index is 1.42. The minimum absolute atomic E-state index is 0.142. The minimum atomic E-state index is -0.331. The molecule has 0 saturated carbocycles. The van der Waals surface area contributed by atoms with Gasteiger partial charge in [0.2, 0.25) is 0 Å². The second-order valence-electron chi connectivity index (χ2n) is 8.39. The number of hydrogen-bond donors (Lipinski definition) is 1. The molecule has 0 radical (unpaired) electrons. The van der Waals surface area contributed by atoms with Gasteiger partial charge in [-0.05, 0) is 59.9 Å². The van der Waals surface area contributed by atoms with Crippen molar-refractivity contribution in [1.29, 1.82) is 0 Å². The van der Waals surface area contributed by atoms with Crippen molar-refractivity contribution in [2.45, 2.75) is 25.3 Å². The summed E-state index contributed by atoms with van der Waals surface area (Å²) in [5.74, 6) is -1.09. The van der Waals surface area contributed by atoms with Crippen molar-refractivity contribution in [1.82, 2.24) is 9.88 Å². The van der Waals surface area contributed by atoms with Crippen LogP contribution in [-0.2, 0) is 13.0 Å². The van der Waals surface area contributed by atoms with Gasteiger partial charge in [0.15, 0.2) is 0 Å². The van der Waals surface area contributed by atoms with Gasteiger partial charge in [0.05, 0.1) is 5.56 Å². The molecule has 0 bridgehead atoms. The number of nitrogens with one attached hydrogen (secondary N) is 1. The van der Waals surface area contributed by atoms with E-state index in [1.54, 1.807) is 35.0 Å². The van der Waals surface area contributed by atoms with E-state index in [-0.39, 0.29) is 29.0 Å². The summed E-state index contributed by atoms with van der Waals surface area (Å²) in [5.41, 5.74) is 3.10. The molecule has 0 aliphatic rings. The topological polar surface area (TPSA) is 51.1 Å². The third kappa shape index (κ3) is 6.51. The number of amides is 1. The first-order valence-corrected chi connectivity index (χ1v) is 11.5. The number of hydrogen-bond acceptors (Lipinski definition) is 2. The molecule has 3 aromatic carbocycles. The lowest BCUT2D eigenvalue weighted by molar-refractivity contribution is 0.0952. The molecule has 1 N–H and O–H groups in total. The SMILES string of the molecule is O=C(NCCC(c1ccc(F)cc1)c1ccc(F)cc1)c1ccc(=O)n(CCc2ccccc2)c1. The smallest absolute Gasteiger partial charge is 0.252 e. The van der Waals surface area contributed by atoms with Gasteiger partial charge in [0, 0.05) is 31.3 Å². The summed E-state index contributed by atoms with van der Waals surface area (Å²) in [6, 6.07) is 25.1. The lowest BCUT2D eigenvalue weighted by atomic mass is 9.88. The Kier molecular flexibility index (Phi) is 7.83. The Morgan fingerprint density at radius 2 is 1.40 bits per heavy atom. The normalized spacial score (nSPS) is 10.9. The number of benzene rings is 3. The molecule has 1 heterocycles. The first-order chi connectivity index (χ1) is 17.0. The van der Waals surface area contributed by atoms with E-state index in [1.807, 2.05) is 30.3 Å². The minimum Gasteiger partial charge on any atom is -0.352 e. The van der Waals surface area contributed by atoms with E-state index in [9.17, 15) is 18.4 Å². The predicted octanol–water partition coefficient (Wildman–Crippen LogP) is 5.32. The number of rotatable bonds is 9. The number of carbonyl (C=O) groups is 1. The van der Waals surface area contributed by atoms with E-state index in [4.69, 9.17) is 0 Å². The van der Waals surface area contributed by atoms with Gasteiger partial charge in [0.25, 0.3) is 11.5 Å². The monoisotopic (exact) mass is 472 g/mol. The number of nitrogens with zero attached hydrogens (tertiary/aromatic N) is 1. The highest BCUT2D eigenvalue weighted by atomic mass is 19.1. The van der Waals surface area contributed by atoms with Crippen LogP contribution < -0.4 is 10.9 Å². The molecule has 4 aromatic rings. The fourth-order valence-electron chi connectivity index (χ4n) is 4.08. The van der Waals surface area contributed by atoms with Gasteiger partial charge in [-0.15, -0.1) is 0 Å². The van der Waals surface area contributed by atoms with Crippen molar-refractivity contribution in [3.8, 4) is 0 Å². The zero-order valence-corrected chi connectivity index (χ0v) is 19.2. The molecule has 1 amide bonds. The van der Waals surface area contributed by atoms with E-state index in [0.717, 1.165) is 16.7 Å². The summed E-state index contributed by atoms with van der Waals surface area (Å²) in [7, 11) is 0. The molecule has 0 aliphatic heterocycles. The van der Waals surface area contributed by atoms with Crippen molar-refractivity contribution >= 4 is 5.91 Å². The third-order valence-electron chi connectivity index (χ3n) is 5.99.